The molecule has 0 aliphatic carbocycles. The Kier molecular flexibility index (Phi) is 3.69. The standard InChI is InChI=1S/C14H15NOS/c1-3-11-4-6-12(7-5-11)13-9-17-14(15-13)8-10(2)16/h4-7,9H,3,8H2,1-2H3. The molecule has 2 rings (SSSR count). The van der Waals surface area contributed by atoms with Crippen LogP contribution in [0.4, 0.5) is 0 Å². The number of benzene rings is 1. The molecule has 0 fully saturated rings. The third-order valence-corrected chi connectivity index (χ3v) is 3.46. The number of hydrogen-bond acceptors (Lipinski definition) is 3. The van der Waals surface area contributed by atoms with Crippen molar-refractivity contribution < 1.29 is 4.79 Å². The highest BCUT2D eigenvalue weighted by Crippen LogP contribution is 2.22. The summed E-state index contributed by atoms with van der Waals surface area (Å²) < 4.78 is 0. The van der Waals surface area contributed by atoms with Gasteiger partial charge in [-0.1, -0.05) is 31.2 Å². The number of aryl methyl sites for hydroxylation is 1. The fourth-order valence-electron chi connectivity index (χ4n) is 1.65. The van der Waals surface area contributed by atoms with E-state index in [0.717, 1.165) is 22.7 Å². The van der Waals surface area contributed by atoms with Gasteiger partial charge in [0.05, 0.1) is 12.1 Å². The van der Waals surface area contributed by atoms with Crippen LogP contribution in [-0.4, -0.2) is 10.8 Å². The number of thiazole rings is 1. The zero-order valence-electron chi connectivity index (χ0n) is 10.1. The summed E-state index contributed by atoms with van der Waals surface area (Å²) in [5, 5.41) is 2.91. The molecular formula is C14H15NOS. The molecule has 0 spiro atoms. The minimum atomic E-state index is 0.159. The first kappa shape index (κ1) is 12.0. The van der Waals surface area contributed by atoms with Crippen LogP contribution >= 0.6 is 11.3 Å². The minimum Gasteiger partial charge on any atom is -0.300 e. The van der Waals surface area contributed by atoms with Gasteiger partial charge >= 0.3 is 0 Å². The fraction of sp³-hybridized carbons (Fsp3) is 0.286. The summed E-state index contributed by atoms with van der Waals surface area (Å²) in [7, 11) is 0. The van der Waals surface area contributed by atoms with Gasteiger partial charge in [-0.2, -0.15) is 0 Å². The Morgan fingerprint density at radius 3 is 2.59 bits per heavy atom. The van der Waals surface area contributed by atoms with Crippen molar-refractivity contribution in [3.05, 3.63) is 40.2 Å². The van der Waals surface area contributed by atoms with E-state index in [1.165, 1.54) is 5.56 Å². The third-order valence-electron chi connectivity index (χ3n) is 2.61. The summed E-state index contributed by atoms with van der Waals surface area (Å²) in [4.78, 5) is 15.5. The second-order valence-electron chi connectivity index (χ2n) is 4.06. The molecule has 1 heterocycles. The van der Waals surface area contributed by atoms with Crippen molar-refractivity contribution in [2.75, 3.05) is 0 Å². The SMILES string of the molecule is CCc1ccc(-c2csc(CC(C)=O)n2)cc1. The fourth-order valence-corrected chi connectivity index (χ4v) is 2.52. The number of carbonyl (C=O) groups is 1. The van der Waals surface area contributed by atoms with Gasteiger partial charge in [-0.25, -0.2) is 4.98 Å². The maximum atomic E-state index is 11.0. The van der Waals surface area contributed by atoms with Crippen molar-refractivity contribution in [2.24, 2.45) is 0 Å². The molecule has 0 aliphatic heterocycles. The molecule has 3 heteroatoms. The number of carbonyl (C=O) groups excluding carboxylic acids is 1. The van der Waals surface area contributed by atoms with Crippen LogP contribution in [0.3, 0.4) is 0 Å². The lowest BCUT2D eigenvalue weighted by Crippen LogP contribution is -1.95. The molecule has 0 bridgehead atoms. The van der Waals surface area contributed by atoms with Crippen LogP contribution in [-0.2, 0) is 17.6 Å². The molecule has 1 aromatic carbocycles. The predicted octanol–water partition coefficient (Wildman–Crippen LogP) is 3.50. The molecule has 0 saturated carbocycles. The average molecular weight is 245 g/mol. The molecule has 88 valence electrons. The van der Waals surface area contributed by atoms with Gasteiger partial charge in [0.2, 0.25) is 0 Å². The van der Waals surface area contributed by atoms with Crippen LogP contribution in [0.15, 0.2) is 29.6 Å². The molecule has 0 N–H and O–H groups in total. The summed E-state index contributed by atoms with van der Waals surface area (Å²) in [6.45, 7) is 3.74. The Labute approximate surface area is 105 Å². The Balaban J connectivity index is 2.21. The van der Waals surface area contributed by atoms with Crippen LogP contribution in [0, 0.1) is 0 Å². The highest BCUT2D eigenvalue weighted by atomic mass is 32.1. The van der Waals surface area contributed by atoms with Crippen molar-refractivity contribution in [2.45, 2.75) is 26.7 Å². The lowest BCUT2D eigenvalue weighted by atomic mass is 10.1. The topological polar surface area (TPSA) is 30.0 Å². The number of aromatic nitrogens is 1. The normalized spacial score (nSPS) is 10.5. The molecule has 17 heavy (non-hydrogen) atoms. The number of rotatable bonds is 4. The summed E-state index contributed by atoms with van der Waals surface area (Å²) in [6.07, 6.45) is 1.49. The van der Waals surface area contributed by atoms with Crippen LogP contribution in [0.5, 0.6) is 0 Å². The van der Waals surface area contributed by atoms with Crippen LogP contribution in [0.25, 0.3) is 11.3 Å². The Hall–Kier alpha value is -1.48. The molecule has 0 unspecified atom stereocenters. The lowest BCUT2D eigenvalue weighted by molar-refractivity contribution is -0.116. The van der Waals surface area contributed by atoms with E-state index in [4.69, 9.17) is 0 Å². The monoisotopic (exact) mass is 245 g/mol. The van der Waals surface area contributed by atoms with Crippen molar-refractivity contribution in [1.82, 2.24) is 4.98 Å². The number of Topliss-reactive ketones (excluding diaryl/α,β-unsaturated/α-hetero) is 1. The molecule has 1 aromatic heterocycles. The minimum absolute atomic E-state index is 0.159. The maximum absolute atomic E-state index is 11.0. The van der Waals surface area contributed by atoms with Gasteiger partial charge in [-0.3, -0.25) is 4.79 Å². The molecule has 0 aliphatic rings. The smallest absolute Gasteiger partial charge is 0.136 e. The van der Waals surface area contributed by atoms with E-state index < -0.39 is 0 Å². The average Bonchev–Trinajstić information content (AvgIpc) is 2.77. The van der Waals surface area contributed by atoms with Crippen LogP contribution < -0.4 is 0 Å². The third kappa shape index (κ3) is 3.01. The Morgan fingerprint density at radius 2 is 2.00 bits per heavy atom. The largest absolute Gasteiger partial charge is 0.300 e. The predicted molar refractivity (Wildman–Crippen MR) is 71.3 cm³/mol. The van der Waals surface area contributed by atoms with Crippen LogP contribution in [0.2, 0.25) is 0 Å². The second kappa shape index (κ2) is 5.23. The molecule has 0 saturated heterocycles. The van der Waals surface area contributed by atoms with Gasteiger partial charge in [0, 0.05) is 10.9 Å². The van der Waals surface area contributed by atoms with E-state index in [1.54, 1.807) is 18.3 Å². The molecule has 0 amide bonds. The zero-order valence-corrected chi connectivity index (χ0v) is 10.9. The highest BCUT2D eigenvalue weighted by Gasteiger charge is 2.06. The second-order valence-corrected chi connectivity index (χ2v) is 5.00. The van der Waals surface area contributed by atoms with E-state index in [1.807, 2.05) is 5.38 Å². The first-order valence-electron chi connectivity index (χ1n) is 5.72. The highest BCUT2D eigenvalue weighted by molar-refractivity contribution is 7.10. The maximum Gasteiger partial charge on any atom is 0.136 e. The van der Waals surface area contributed by atoms with E-state index >= 15 is 0 Å². The van der Waals surface area contributed by atoms with Gasteiger partial charge < -0.3 is 0 Å². The van der Waals surface area contributed by atoms with Gasteiger partial charge in [-0.05, 0) is 18.9 Å². The van der Waals surface area contributed by atoms with Crippen molar-refractivity contribution in [3.63, 3.8) is 0 Å². The van der Waals surface area contributed by atoms with E-state index in [2.05, 4.69) is 36.2 Å². The van der Waals surface area contributed by atoms with Gasteiger partial charge in [0.25, 0.3) is 0 Å². The van der Waals surface area contributed by atoms with E-state index in [-0.39, 0.29) is 5.78 Å². The summed E-state index contributed by atoms with van der Waals surface area (Å²) in [5.74, 6) is 0.159. The van der Waals surface area contributed by atoms with Gasteiger partial charge in [0.1, 0.15) is 10.8 Å². The number of hydrogen-bond donors (Lipinski definition) is 0. The van der Waals surface area contributed by atoms with Crippen molar-refractivity contribution >= 4 is 17.1 Å². The molecule has 2 aromatic rings. The molecular weight excluding hydrogens is 230 g/mol. The lowest BCUT2D eigenvalue weighted by Gasteiger charge is -1.99. The number of ketones is 1. The summed E-state index contributed by atoms with van der Waals surface area (Å²) >= 11 is 1.55. The van der Waals surface area contributed by atoms with E-state index in [0.29, 0.717) is 6.42 Å². The number of nitrogens with zero attached hydrogens (tertiary/aromatic N) is 1. The zero-order chi connectivity index (χ0) is 12.3. The first-order chi connectivity index (χ1) is 8.19. The van der Waals surface area contributed by atoms with Gasteiger partial charge in [0.15, 0.2) is 0 Å². The first-order valence-corrected chi connectivity index (χ1v) is 6.60. The molecule has 0 atom stereocenters. The Morgan fingerprint density at radius 1 is 1.29 bits per heavy atom. The molecule has 2 nitrogen and oxygen atoms in total. The summed E-state index contributed by atoms with van der Waals surface area (Å²) in [5.41, 5.74) is 3.41. The quantitative estimate of drug-likeness (QED) is 0.825. The summed E-state index contributed by atoms with van der Waals surface area (Å²) in [6, 6.07) is 8.43. The van der Waals surface area contributed by atoms with Gasteiger partial charge in [-0.15, -0.1) is 11.3 Å². The van der Waals surface area contributed by atoms with Crippen molar-refractivity contribution in [3.8, 4) is 11.3 Å². The molecule has 0 radical (unpaired) electrons. The van der Waals surface area contributed by atoms with Crippen molar-refractivity contribution in [1.29, 1.82) is 0 Å². The van der Waals surface area contributed by atoms with Crippen LogP contribution in [0.1, 0.15) is 24.4 Å². The van der Waals surface area contributed by atoms with E-state index in [9.17, 15) is 4.79 Å². The Bertz CT molecular complexity index is 513.